The second kappa shape index (κ2) is 8.79. The van der Waals surface area contributed by atoms with Gasteiger partial charge in [0.25, 0.3) is 0 Å². The van der Waals surface area contributed by atoms with Crippen LogP contribution in [0.4, 0.5) is 0 Å². The van der Waals surface area contributed by atoms with Crippen LogP contribution in [0.3, 0.4) is 0 Å². The van der Waals surface area contributed by atoms with Crippen molar-refractivity contribution >= 4 is 11.8 Å². The van der Waals surface area contributed by atoms with Crippen molar-refractivity contribution < 1.29 is 0 Å². The van der Waals surface area contributed by atoms with Crippen LogP contribution in [0, 0.1) is 11.3 Å². The van der Waals surface area contributed by atoms with Gasteiger partial charge in [0.1, 0.15) is 0 Å². The molecular formula is C18H36N2S. The van der Waals surface area contributed by atoms with Gasteiger partial charge in [0.05, 0.1) is 0 Å². The Balaban J connectivity index is 1.88. The zero-order valence-corrected chi connectivity index (χ0v) is 15.3. The Labute approximate surface area is 136 Å². The van der Waals surface area contributed by atoms with Gasteiger partial charge in [-0.05, 0) is 37.1 Å². The van der Waals surface area contributed by atoms with E-state index in [-0.39, 0.29) is 0 Å². The third-order valence-electron chi connectivity index (χ3n) is 5.20. The predicted octanol–water partition coefficient (Wildman–Crippen LogP) is 4.01. The molecule has 0 aromatic heterocycles. The highest BCUT2D eigenvalue weighted by Crippen LogP contribution is 2.37. The Morgan fingerprint density at radius 2 is 2.00 bits per heavy atom. The maximum Gasteiger partial charge on any atom is 0.0172 e. The first-order valence-electron chi connectivity index (χ1n) is 9.18. The molecule has 1 heterocycles. The van der Waals surface area contributed by atoms with E-state index in [0.29, 0.717) is 5.41 Å². The van der Waals surface area contributed by atoms with Crippen molar-refractivity contribution in [3.8, 4) is 0 Å². The van der Waals surface area contributed by atoms with E-state index in [1.165, 1.54) is 77.0 Å². The summed E-state index contributed by atoms with van der Waals surface area (Å²) in [6.07, 6.45) is 8.57. The molecule has 2 aliphatic rings. The molecule has 1 N–H and O–H groups in total. The van der Waals surface area contributed by atoms with E-state index in [9.17, 15) is 0 Å². The van der Waals surface area contributed by atoms with E-state index >= 15 is 0 Å². The molecule has 0 amide bonds. The van der Waals surface area contributed by atoms with Gasteiger partial charge in [-0.15, -0.1) is 0 Å². The fourth-order valence-corrected chi connectivity index (χ4v) is 5.21. The highest BCUT2D eigenvalue weighted by molar-refractivity contribution is 8.00. The second-order valence-corrected chi connectivity index (χ2v) is 9.13. The fraction of sp³-hybridized carbons (Fsp3) is 1.00. The van der Waals surface area contributed by atoms with Gasteiger partial charge in [-0.3, -0.25) is 0 Å². The first kappa shape index (κ1) is 17.6. The predicted molar refractivity (Wildman–Crippen MR) is 96.2 cm³/mol. The molecule has 0 aromatic rings. The summed E-state index contributed by atoms with van der Waals surface area (Å²) >= 11 is 2.19. The van der Waals surface area contributed by atoms with Crippen molar-refractivity contribution in [3.05, 3.63) is 0 Å². The Hall–Kier alpha value is 0.270. The zero-order chi connectivity index (χ0) is 15.1. The minimum absolute atomic E-state index is 0.563. The summed E-state index contributed by atoms with van der Waals surface area (Å²) in [5, 5.41) is 4.66. The first-order chi connectivity index (χ1) is 10.1. The number of nitrogens with zero attached hydrogens (tertiary/aromatic N) is 1. The molecule has 1 aliphatic carbocycles. The Bertz CT molecular complexity index is 287. The van der Waals surface area contributed by atoms with Gasteiger partial charge in [-0.25, -0.2) is 0 Å². The molecule has 0 radical (unpaired) electrons. The minimum atomic E-state index is 0.563. The molecule has 0 spiro atoms. The van der Waals surface area contributed by atoms with E-state index in [4.69, 9.17) is 0 Å². The van der Waals surface area contributed by atoms with Crippen LogP contribution in [-0.2, 0) is 0 Å². The van der Waals surface area contributed by atoms with Crippen molar-refractivity contribution in [1.29, 1.82) is 0 Å². The van der Waals surface area contributed by atoms with Crippen LogP contribution < -0.4 is 5.32 Å². The molecule has 0 aromatic carbocycles. The summed E-state index contributed by atoms with van der Waals surface area (Å²) in [5.74, 6) is 2.11. The monoisotopic (exact) mass is 312 g/mol. The quantitative estimate of drug-likeness (QED) is 0.764. The standard InChI is InChI=1S/C18H36N2S/c1-4-17-13-20(10-11-21-17)15-18(8-6-5-7-9-18)14-19-12-16(2)3/h16-17,19H,4-15H2,1-3H3. The molecule has 2 nitrogen and oxygen atoms in total. The van der Waals surface area contributed by atoms with Crippen molar-refractivity contribution in [3.63, 3.8) is 0 Å². The highest BCUT2D eigenvalue weighted by atomic mass is 32.2. The van der Waals surface area contributed by atoms with Gasteiger partial charge in [0.15, 0.2) is 0 Å². The molecule has 0 bridgehead atoms. The largest absolute Gasteiger partial charge is 0.316 e. The van der Waals surface area contributed by atoms with Crippen LogP contribution in [0.15, 0.2) is 0 Å². The molecule has 2 fully saturated rings. The SMILES string of the molecule is CCC1CN(CC2(CNCC(C)C)CCCCC2)CCS1. The van der Waals surface area contributed by atoms with Crippen molar-refractivity contribution in [1.82, 2.24) is 10.2 Å². The summed E-state index contributed by atoms with van der Waals surface area (Å²) in [4.78, 5) is 2.78. The van der Waals surface area contributed by atoms with Crippen LogP contribution >= 0.6 is 11.8 Å². The third kappa shape index (κ3) is 5.76. The van der Waals surface area contributed by atoms with E-state index in [1.807, 2.05) is 0 Å². The molecule has 1 saturated heterocycles. The fourth-order valence-electron chi connectivity index (χ4n) is 3.96. The molecule has 1 unspecified atom stereocenters. The number of hydrogen-bond donors (Lipinski definition) is 1. The molecular weight excluding hydrogens is 276 g/mol. The van der Waals surface area contributed by atoms with Gasteiger partial charge in [0.2, 0.25) is 0 Å². The van der Waals surface area contributed by atoms with Crippen molar-refractivity contribution in [2.24, 2.45) is 11.3 Å². The Morgan fingerprint density at radius 3 is 2.67 bits per heavy atom. The minimum Gasteiger partial charge on any atom is -0.316 e. The molecule has 3 heteroatoms. The molecule has 1 saturated carbocycles. The van der Waals surface area contributed by atoms with Gasteiger partial charge >= 0.3 is 0 Å². The van der Waals surface area contributed by atoms with E-state index < -0.39 is 0 Å². The summed E-state index contributed by atoms with van der Waals surface area (Å²) in [7, 11) is 0. The lowest BCUT2D eigenvalue weighted by Gasteiger charge is -2.43. The van der Waals surface area contributed by atoms with E-state index in [0.717, 1.165) is 11.2 Å². The molecule has 1 atom stereocenters. The van der Waals surface area contributed by atoms with Gasteiger partial charge < -0.3 is 10.2 Å². The van der Waals surface area contributed by atoms with Crippen LogP contribution in [-0.4, -0.2) is 48.6 Å². The van der Waals surface area contributed by atoms with Crippen LogP contribution in [0.2, 0.25) is 0 Å². The van der Waals surface area contributed by atoms with E-state index in [2.05, 4.69) is 42.7 Å². The summed E-state index contributed by atoms with van der Waals surface area (Å²) in [6, 6.07) is 0. The van der Waals surface area contributed by atoms with E-state index in [1.54, 1.807) is 0 Å². The van der Waals surface area contributed by atoms with Crippen molar-refractivity contribution in [2.45, 2.75) is 64.5 Å². The molecule has 124 valence electrons. The molecule has 2 rings (SSSR count). The Kier molecular flexibility index (Phi) is 7.37. The summed E-state index contributed by atoms with van der Waals surface area (Å²) in [6.45, 7) is 13.4. The lowest BCUT2D eigenvalue weighted by atomic mass is 9.73. The highest BCUT2D eigenvalue weighted by Gasteiger charge is 2.34. The number of rotatable bonds is 7. The Morgan fingerprint density at radius 1 is 1.24 bits per heavy atom. The smallest absolute Gasteiger partial charge is 0.0172 e. The second-order valence-electron chi connectivity index (χ2n) is 7.72. The summed E-state index contributed by atoms with van der Waals surface area (Å²) < 4.78 is 0. The number of thioether (sulfide) groups is 1. The maximum absolute atomic E-state index is 3.78. The van der Waals surface area contributed by atoms with Gasteiger partial charge in [-0.1, -0.05) is 40.0 Å². The number of nitrogens with one attached hydrogen (secondary N) is 1. The van der Waals surface area contributed by atoms with Crippen molar-refractivity contribution in [2.75, 3.05) is 38.5 Å². The number of hydrogen-bond acceptors (Lipinski definition) is 3. The topological polar surface area (TPSA) is 15.3 Å². The lowest BCUT2D eigenvalue weighted by Crippen LogP contribution is -2.49. The molecule has 21 heavy (non-hydrogen) atoms. The summed E-state index contributed by atoms with van der Waals surface area (Å²) in [5.41, 5.74) is 0.563. The van der Waals surface area contributed by atoms with Gasteiger partial charge in [-0.2, -0.15) is 11.8 Å². The normalized spacial score (nSPS) is 27.1. The molecule has 1 aliphatic heterocycles. The van der Waals surface area contributed by atoms with Crippen LogP contribution in [0.25, 0.3) is 0 Å². The maximum atomic E-state index is 3.78. The zero-order valence-electron chi connectivity index (χ0n) is 14.5. The average molecular weight is 313 g/mol. The average Bonchev–Trinajstić information content (AvgIpc) is 2.48. The van der Waals surface area contributed by atoms with Gasteiger partial charge in [0, 0.05) is 37.2 Å². The van der Waals surface area contributed by atoms with Crippen LogP contribution in [0.1, 0.15) is 59.3 Å². The third-order valence-corrected chi connectivity index (χ3v) is 6.58. The van der Waals surface area contributed by atoms with Crippen LogP contribution in [0.5, 0.6) is 0 Å². The lowest BCUT2D eigenvalue weighted by molar-refractivity contribution is 0.103. The first-order valence-corrected chi connectivity index (χ1v) is 10.2.